The Balaban J connectivity index is 1.04. The smallest absolute Gasteiger partial charge is 0.326 e. The molecular weight excluding hydrogens is 581 g/mol. The molecule has 43 heavy (non-hydrogen) atoms. The molecule has 10 nitrogen and oxygen atoms in total. The highest BCUT2D eigenvalue weighted by molar-refractivity contribution is 7.98. The Labute approximate surface area is 255 Å². The Kier molecular flexibility index (Phi) is 7.37. The highest BCUT2D eigenvalue weighted by Crippen LogP contribution is 2.32. The van der Waals surface area contributed by atoms with Crippen LogP contribution >= 0.6 is 23.1 Å². The second-order valence-corrected chi connectivity index (χ2v) is 12.3. The maximum absolute atomic E-state index is 13.4. The molecule has 2 aromatic carbocycles. The van der Waals surface area contributed by atoms with Gasteiger partial charge in [0.25, 0.3) is 5.91 Å². The first-order chi connectivity index (χ1) is 21.1. The first-order valence-electron chi connectivity index (χ1n) is 14.0. The monoisotopic (exact) mass is 608 g/mol. The van der Waals surface area contributed by atoms with Crippen LogP contribution in [0.3, 0.4) is 0 Å². The van der Waals surface area contributed by atoms with Gasteiger partial charge in [0, 0.05) is 42.5 Å². The highest BCUT2D eigenvalue weighted by atomic mass is 32.2. The Hall–Kier alpha value is -4.55. The molecule has 1 aliphatic heterocycles. The molecule has 0 unspecified atom stereocenters. The van der Waals surface area contributed by atoms with Crippen molar-refractivity contribution < 1.29 is 4.79 Å². The van der Waals surface area contributed by atoms with E-state index in [4.69, 9.17) is 0 Å². The van der Waals surface area contributed by atoms with Crippen molar-refractivity contribution in [2.75, 3.05) is 13.1 Å². The molecule has 216 valence electrons. The third-order valence-electron chi connectivity index (χ3n) is 7.76. The third kappa shape index (κ3) is 5.28. The Bertz CT molecular complexity index is 1970. The van der Waals surface area contributed by atoms with E-state index >= 15 is 0 Å². The number of nitrogens with zero attached hydrogens (tertiary/aromatic N) is 7. The molecule has 0 bridgehead atoms. The van der Waals surface area contributed by atoms with Crippen LogP contribution in [0.15, 0.2) is 88.4 Å². The third-order valence-corrected chi connectivity index (χ3v) is 9.74. The van der Waals surface area contributed by atoms with Crippen molar-refractivity contribution in [2.24, 2.45) is 0 Å². The van der Waals surface area contributed by atoms with Crippen molar-refractivity contribution in [1.82, 2.24) is 39.2 Å². The van der Waals surface area contributed by atoms with E-state index in [-0.39, 0.29) is 17.6 Å². The standard InChI is InChI=1S/C31H28N8O2S2/c1-20-6-2-4-8-25(20)39-28(21-10-14-32-15-11-21)35-36-31(39)43-19-27-33-24(18-42-27)29(40)37-16-12-22(13-17-37)38-26-9-5-3-7-23(26)34-30(38)41/h2-11,14-15,18,22H,12-13,16-17,19H2,1H3,(H,34,41). The number of thioether (sulfide) groups is 1. The number of hydrogen-bond donors (Lipinski definition) is 1. The summed E-state index contributed by atoms with van der Waals surface area (Å²) < 4.78 is 3.91. The summed E-state index contributed by atoms with van der Waals surface area (Å²) in [6.07, 6.45) is 4.93. The van der Waals surface area contributed by atoms with E-state index < -0.39 is 0 Å². The molecule has 1 fully saturated rings. The summed E-state index contributed by atoms with van der Waals surface area (Å²) in [7, 11) is 0. The van der Waals surface area contributed by atoms with Gasteiger partial charge in [0.15, 0.2) is 11.0 Å². The number of para-hydroxylation sites is 3. The van der Waals surface area contributed by atoms with E-state index in [1.54, 1.807) is 24.2 Å². The Morgan fingerprint density at radius 2 is 1.79 bits per heavy atom. The van der Waals surface area contributed by atoms with Crippen LogP contribution in [0.1, 0.15) is 39.9 Å². The molecule has 0 atom stereocenters. The largest absolute Gasteiger partial charge is 0.337 e. The number of pyridine rings is 1. The molecule has 4 aromatic heterocycles. The number of carbonyl (C=O) groups is 1. The number of benzene rings is 2. The predicted octanol–water partition coefficient (Wildman–Crippen LogP) is 5.51. The van der Waals surface area contributed by atoms with Crippen molar-refractivity contribution in [3.05, 3.63) is 105 Å². The molecule has 6 aromatic rings. The molecule has 1 N–H and O–H groups in total. The number of aromatic amines is 1. The fourth-order valence-corrected chi connectivity index (χ4v) is 7.34. The quantitative estimate of drug-likeness (QED) is 0.238. The molecule has 0 radical (unpaired) electrons. The van der Waals surface area contributed by atoms with Crippen molar-refractivity contribution in [2.45, 2.75) is 36.7 Å². The number of thiazole rings is 1. The first kappa shape index (κ1) is 27.3. The number of nitrogens with one attached hydrogen (secondary N) is 1. The SMILES string of the molecule is Cc1ccccc1-n1c(SCc2nc(C(=O)N3CCC(n4c(=O)[nH]c5ccccc54)CC3)cs2)nnc1-c1ccncc1. The zero-order chi connectivity index (χ0) is 29.3. The molecule has 12 heteroatoms. The van der Waals surface area contributed by atoms with E-state index in [0.717, 1.165) is 43.8 Å². The average Bonchev–Trinajstić information content (AvgIpc) is 3.77. The van der Waals surface area contributed by atoms with Crippen LogP contribution in [0.5, 0.6) is 0 Å². The van der Waals surface area contributed by atoms with Crippen molar-refractivity contribution >= 4 is 40.0 Å². The second-order valence-electron chi connectivity index (χ2n) is 10.4. The Morgan fingerprint density at radius 1 is 1.02 bits per heavy atom. The number of hydrogen-bond acceptors (Lipinski definition) is 8. The lowest BCUT2D eigenvalue weighted by atomic mass is 10.0. The number of aromatic nitrogens is 7. The van der Waals surface area contributed by atoms with Gasteiger partial charge in [-0.05, 0) is 55.7 Å². The second kappa shape index (κ2) is 11.6. The number of imidazole rings is 1. The maximum atomic E-state index is 13.4. The van der Waals surface area contributed by atoms with E-state index in [0.29, 0.717) is 37.4 Å². The lowest BCUT2D eigenvalue weighted by Gasteiger charge is -2.32. The normalized spacial score (nSPS) is 14.0. The van der Waals surface area contributed by atoms with Gasteiger partial charge in [-0.1, -0.05) is 42.1 Å². The van der Waals surface area contributed by atoms with E-state index in [2.05, 4.69) is 48.8 Å². The van der Waals surface area contributed by atoms with Crippen LogP contribution in [0.25, 0.3) is 28.1 Å². The molecule has 0 saturated carbocycles. The molecule has 0 spiro atoms. The summed E-state index contributed by atoms with van der Waals surface area (Å²) in [4.78, 5) is 39.6. The van der Waals surface area contributed by atoms with Gasteiger partial charge in [-0.3, -0.25) is 18.9 Å². The molecule has 7 rings (SSSR count). The van der Waals surface area contributed by atoms with Crippen LogP contribution in [0.4, 0.5) is 0 Å². The van der Waals surface area contributed by atoms with Crippen LogP contribution in [-0.2, 0) is 5.75 Å². The first-order valence-corrected chi connectivity index (χ1v) is 15.9. The number of H-pyrrole nitrogens is 1. The lowest BCUT2D eigenvalue weighted by molar-refractivity contribution is 0.0689. The maximum Gasteiger partial charge on any atom is 0.326 e. The molecule has 5 heterocycles. The molecule has 1 amide bonds. The summed E-state index contributed by atoms with van der Waals surface area (Å²) in [5.74, 6) is 1.23. The van der Waals surface area contributed by atoms with Crippen molar-refractivity contribution in [3.63, 3.8) is 0 Å². The number of fused-ring (bicyclic) bond motifs is 1. The summed E-state index contributed by atoms with van der Waals surface area (Å²) in [5, 5.41) is 12.5. The minimum absolute atomic E-state index is 0.0535. The average molecular weight is 609 g/mol. The van der Waals surface area contributed by atoms with Crippen molar-refractivity contribution in [1.29, 1.82) is 0 Å². The minimum Gasteiger partial charge on any atom is -0.337 e. The minimum atomic E-state index is -0.0984. The molecule has 1 saturated heterocycles. The number of likely N-dealkylation sites (tertiary alicyclic amines) is 1. The van der Waals surface area contributed by atoms with Gasteiger partial charge in [-0.15, -0.1) is 21.5 Å². The van der Waals surface area contributed by atoms with Crippen LogP contribution < -0.4 is 5.69 Å². The fourth-order valence-electron chi connectivity index (χ4n) is 5.61. The Morgan fingerprint density at radius 3 is 2.60 bits per heavy atom. The van der Waals surface area contributed by atoms with E-state index in [9.17, 15) is 9.59 Å². The van der Waals surface area contributed by atoms with Crippen LogP contribution in [0, 0.1) is 6.92 Å². The number of piperidine rings is 1. The van der Waals surface area contributed by atoms with Crippen LogP contribution in [0.2, 0.25) is 0 Å². The zero-order valence-electron chi connectivity index (χ0n) is 23.4. The zero-order valence-corrected chi connectivity index (χ0v) is 25.0. The van der Waals surface area contributed by atoms with Gasteiger partial charge < -0.3 is 9.88 Å². The van der Waals surface area contributed by atoms with Gasteiger partial charge in [0.2, 0.25) is 0 Å². The van der Waals surface area contributed by atoms with Crippen molar-refractivity contribution in [3.8, 4) is 17.1 Å². The van der Waals surface area contributed by atoms with E-state index in [1.165, 1.54) is 11.3 Å². The topological polar surface area (TPSA) is 115 Å². The fraction of sp³-hybridized carbons (Fsp3) is 0.226. The summed E-state index contributed by atoms with van der Waals surface area (Å²) in [5.41, 5.74) is 5.16. The van der Waals surface area contributed by atoms with Crippen LogP contribution in [-0.4, -0.2) is 58.2 Å². The molecule has 1 aliphatic rings. The van der Waals surface area contributed by atoms with E-state index in [1.807, 2.05) is 63.4 Å². The summed E-state index contributed by atoms with van der Waals surface area (Å²) in [6, 6.07) is 19.8. The highest BCUT2D eigenvalue weighted by Gasteiger charge is 2.28. The number of amides is 1. The lowest BCUT2D eigenvalue weighted by Crippen LogP contribution is -2.40. The van der Waals surface area contributed by atoms with Gasteiger partial charge in [-0.2, -0.15) is 0 Å². The number of carbonyl (C=O) groups excluding carboxylic acids is 1. The van der Waals surface area contributed by atoms with Gasteiger partial charge in [0.05, 0.1) is 22.5 Å². The van der Waals surface area contributed by atoms with Gasteiger partial charge >= 0.3 is 5.69 Å². The molecular formula is C31H28N8O2S2. The number of aryl methyl sites for hydroxylation is 1. The predicted molar refractivity (Wildman–Crippen MR) is 168 cm³/mol. The summed E-state index contributed by atoms with van der Waals surface area (Å²) in [6.45, 7) is 3.23. The van der Waals surface area contributed by atoms with Gasteiger partial charge in [-0.25, -0.2) is 9.78 Å². The number of rotatable bonds is 7. The summed E-state index contributed by atoms with van der Waals surface area (Å²) >= 11 is 3.02. The van der Waals surface area contributed by atoms with Gasteiger partial charge in [0.1, 0.15) is 10.7 Å². The molecule has 0 aliphatic carbocycles.